The van der Waals surface area contributed by atoms with Crippen LogP contribution >= 0.6 is 23.2 Å². The van der Waals surface area contributed by atoms with Crippen LogP contribution in [0.15, 0.2) is 55.0 Å². The SMILES string of the molecule is CCN(CC)c1c(C(=O)N[C@H]2CCOc3ccccc32)cnc2c(-c3cc(Cl)cc(Cl)c3)ncnc12. The average molecular weight is 522 g/mol. The topological polar surface area (TPSA) is 80.2 Å². The molecule has 3 heterocycles. The van der Waals surface area contributed by atoms with E-state index >= 15 is 0 Å². The first-order valence-electron chi connectivity index (χ1n) is 11.9. The third-order valence-electron chi connectivity index (χ3n) is 6.35. The summed E-state index contributed by atoms with van der Waals surface area (Å²) in [6.07, 6.45) is 3.78. The number of halogens is 2. The summed E-state index contributed by atoms with van der Waals surface area (Å²) in [6.45, 7) is 6.02. The molecule has 7 nitrogen and oxygen atoms in total. The second-order valence-corrected chi connectivity index (χ2v) is 9.34. The Labute approximate surface area is 219 Å². The molecule has 0 radical (unpaired) electrons. The van der Waals surface area contributed by atoms with Gasteiger partial charge in [0.1, 0.15) is 28.8 Å². The van der Waals surface area contributed by atoms with E-state index in [-0.39, 0.29) is 11.9 Å². The molecule has 0 aliphatic carbocycles. The molecule has 1 aliphatic rings. The Bertz CT molecular complexity index is 1420. The number of nitrogens with one attached hydrogen (secondary N) is 1. The number of rotatable bonds is 6. The van der Waals surface area contributed by atoms with Gasteiger partial charge in [0, 0.05) is 46.9 Å². The summed E-state index contributed by atoms with van der Waals surface area (Å²) in [5.41, 5.74) is 4.66. The van der Waals surface area contributed by atoms with E-state index in [0.29, 0.717) is 58.5 Å². The molecule has 0 bridgehead atoms. The minimum absolute atomic E-state index is 0.155. The van der Waals surface area contributed by atoms with Crippen LogP contribution in [0.2, 0.25) is 10.0 Å². The van der Waals surface area contributed by atoms with Crippen molar-refractivity contribution in [1.29, 1.82) is 0 Å². The van der Waals surface area contributed by atoms with Crippen LogP contribution in [0.3, 0.4) is 0 Å². The van der Waals surface area contributed by atoms with Crippen molar-refractivity contribution in [3.8, 4) is 17.0 Å². The second kappa shape index (κ2) is 10.3. The van der Waals surface area contributed by atoms with E-state index in [1.165, 1.54) is 6.33 Å². The number of aromatic nitrogens is 3. The maximum Gasteiger partial charge on any atom is 0.255 e. The van der Waals surface area contributed by atoms with Crippen molar-refractivity contribution in [2.75, 3.05) is 24.6 Å². The summed E-state index contributed by atoms with van der Waals surface area (Å²) >= 11 is 12.5. The molecule has 4 aromatic rings. The lowest BCUT2D eigenvalue weighted by Crippen LogP contribution is -2.34. The van der Waals surface area contributed by atoms with E-state index in [9.17, 15) is 4.79 Å². The number of benzene rings is 2. The highest BCUT2D eigenvalue weighted by Gasteiger charge is 2.27. The van der Waals surface area contributed by atoms with Crippen molar-refractivity contribution >= 4 is 45.8 Å². The van der Waals surface area contributed by atoms with Gasteiger partial charge in [-0.2, -0.15) is 0 Å². The van der Waals surface area contributed by atoms with Crippen LogP contribution in [-0.4, -0.2) is 40.6 Å². The monoisotopic (exact) mass is 521 g/mol. The Balaban J connectivity index is 1.61. The number of fused-ring (bicyclic) bond motifs is 2. The van der Waals surface area contributed by atoms with Gasteiger partial charge in [0.15, 0.2) is 0 Å². The molecule has 0 saturated carbocycles. The zero-order chi connectivity index (χ0) is 25.2. The Kier molecular flexibility index (Phi) is 6.94. The fourth-order valence-electron chi connectivity index (χ4n) is 4.65. The lowest BCUT2D eigenvalue weighted by atomic mass is 10.00. The summed E-state index contributed by atoms with van der Waals surface area (Å²) in [6, 6.07) is 12.9. The van der Waals surface area contributed by atoms with E-state index < -0.39 is 0 Å². The zero-order valence-corrected chi connectivity index (χ0v) is 21.5. The Morgan fingerprint density at radius 3 is 2.56 bits per heavy atom. The van der Waals surface area contributed by atoms with E-state index in [1.807, 2.05) is 38.1 Å². The first-order chi connectivity index (χ1) is 17.5. The number of ether oxygens (including phenoxy) is 1. The van der Waals surface area contributed by atoms with E-state index in [0.717, 1.165) is 22.6 Å². The van der Waals surface area contributed by atoms with Gasteiger partial charge in [0.2, 0.25) is 0 Å². The number of amides is 1. The van der Waals surface area contributed by atoms with Crippen molar-refractivity contribution in [3.63, 3.8) is 0 Å². The minimum Gasteiger partial charge on any atom is -0.493 e. The third-order valence-corrected chi connectivity index (χ3v) is 6.79. The van der Waals surface area contributed by atoms with Crippen LogP contribution in [-0.2, 0) is 0 Å². The Hall–Kier alpha value is -3.42. The van der Waals surface area contributed by atoms with Crippen molar-refractivity contribution < 1.29 is 9.53 Å². The van der Waals surface area contributed by atoms with Gasteiger partial charge in [-0.05, 0) is 38.1 Å². The first kappa shape index (κ1) is 24.3. The van der Waals surface area contributed by atoms with Crippen LogP contribution < -0.4 is 15.0 Å². The molecular formula is C27H25Cl2N5O2. The third kappa shape index (κ3) is 4.56. The zero-order valence-electron chi connectivity index (χ0n) is 20.0. The summed E-state index contributed by atoms with van der Waals surface area (Å²) in [7, 11) is 0. The van der Waals surface area contributed by atoms with Gasteiger partial charge >= 0.3 is 0 Å². The fourth-order valence-corrected chi connectivity index (χ4v) is 5.17. The number of hydrogen-bond acceptors (Lipinski definition) is 6. The molecule has 1 aliphatic heterocycles. The number of carbonyl (C=O) groups excluding carboxylic acids is 1. The summed E-state index contributed by atoms with van der Waals surface area (Å²) in [4.78, 5) is 29.5. The number of nitrogens with zero attached hydrogens (tertiary/aromatic N) is 4. The van der Waals surface area contributed by atoms with Crippen molar-refractivity contribution in [2.24, 2.45) is 0 Å². The highest BCUT2D eigenvalue weighted by atomic mass is 35.5. The highest BCUT2D eigenvalue weighted by Crippen LogP contribution is 2.36. The molecule has 2 aromatic heterocycles. The molecule has 0 saturated heterocycles. The maximum atomic E-state index is 13.7. The van der Waals surface area contributed by atoms with Crippen LogP contribution in [0.4, 0.5) is 5.69 Å². The van der Waals surface area contributed by atoms with Gasteiger partial charge in [-0.1, -0.05) is 41.4 Å². The lowest BCUT2D eigenvalue weighted by Gasteiger charge is -2.28. The van der Waals surface area contributed by atoms with Gasteiger partial charge < -0.3 is 15.0 Å². The largest absolute Gasteiger partial charge is 0.493 e. The molecule has 36 heavy (non-hydrogen) atoms. The standard InChI is InChI=1S/C27H25Cl2N5O2/c1-3-34(4-2)26-20(27(35)33-21-9-10-36-22-8-6-5-7-19(21)22)14-30-24-23(31-15-32-25(24)26)16-11-17(28)13-18(29)12-16/h5-8,11-15,21H,3-4,9-10H2,1-2H3,(H,33,35)/t21-/m0/s1. The molecule has 9 heteroatoms. The Morgan fingerprint density at radius 1 is 1.06 bits per heavy atom. The van der Waals surface area contributed by atoms with Crippen molar-refractivity contribution in [2.45, 2.75) is 26.3 Å². The van der Waals surface area contributed by atoms with Crippen LogP contribution in [0.25, 0.3) is 22.3 Å². The average Bonchev–Trinajstić information content (AvgIpc) is 2.88. The molecule has 184 valence electrons. The van der Waals surface area contributed by atoms with Gasteiger partial charge in [-0.3, -0.25) is 9.78 Å². The lowest BCUT2D eigenvalue weighted by molar-refractivity contribution is 0.0925. The molecule has 0 fully saturated rings. The number of anilines is 1. The number of carbonyl (C=O) groups is 1. The second-order valence-electron chi connectivity index (χ2n) is 8.47. The minimum atomic E-state index is -0.209. The molecule has 1 amide bonds. The predicted molar refractivity (Wildman–Crippen MR) is 143 cm³/mol. The summed E-state index contributed by atoms with van der Waals surface area (Å²) < 4.78 is 5.76. The number of hydrogen-bond donors (Lipinski definition) is 1. The van der Waals surface area contributed by atoms with E-state index in [2.05, 4.69) is 25.2 Å². The van der Waals surface area contributed by atoms with Gasteiger partial charge in [-0.25, -0.2) is 9.97 Å². The van der Waals surface area contributed by atoms with Crippen LogP contribution in [0.5, 0.6) is 5.75 Å². The van der Waals surface area contributed by atoms with Gasteiger partial charge in [0.25, 0.3) is 5.91 Å². The number of para-hydroxylation sites is 1. The molecule has 5 rings (SSSR count). The highest BCUT2D eigenvalue weighted by molar-refractivity contribution is 6.35. The van der Waals surface area contributed by atoms with E-state index in [4.69, 9.17) is 27.9 Å². The Morgan fingerprint density at radius 2 is 1.81 bits per heavy atom. The number of pyridine rings is 1. The van der Waals surface area contributed by atoms with Crippen LogP contribution in [0.1, 0.15) is 42.2 Å². The smallest absolute Gasteiger partial charge is 0.255 e. The molecule has 0 spiro atoms. The maximum absolute atomic E-state index is 13.7. The molecule has 1 atom stereocenters. The summed E-state index contributed by atoms with van der Waals surface area (Å²) in [5.74, 6) is 0.589. The molecule has 2 aromatic carbocycles. The molecule has 0 unspecified atom stereocenters. The summed E-state index contributed by atoms with van der Waals surface area (Å²) in [5, 5.41) is 4.20. The normalized spacial score (nSPS) is 14.7. The predicted octanol–water partition coefficient (Wildman–Crippen LogP) is 6.10. The van der Waals surface area contributed by atoms with Gasteiger partial charge in [0.05, 0.1) is 23.9 Å². The fraction of sp³-hybridized carbons (Fsp3) is 0.259. The quantitative estimate of drug-likeness (QED) is 0.330. The van der Waals surface area contributed by atoms with Crippen molar-refractivity contribution in [3.05, 3.63) is 76.2 Å². The van der Waals surface area contributed by atoms with E-state index in [1.54, 1.807) is 24.4 Å². The van der Waals surface area contributed by atoms with Gasteiger partial charge in [-0.15, -0.1) is 0 Å². The first-order valence-corrected chi connectivity index (χ1v) is 12.6. The van der Waals surface area contributed by atoms with Crippen molar-refractivity contribution in [1.82, 2.24) is 20.3 Å². The molecule has 1 N–H and O–H groups in total. The molecular weight excluding hydrogens is 497 g/mol. The van der Waals surface area contributed by atoms with Crippen LogP contribution in [0, 0.1) is 0 Å².